The zero-order chi connectivity index (χ0) is 26.5. The molecule has 4 rings (SSSR count). The first-order chi connectivity index (χ1) is 17.7. The highest BCUT2D eigenvalue weighted by atomic mass is 32.1. The second kappa shape index (κ2) is 11.3. The van der Waals surface area contributed by atoms with Crippen LogP contribution in [0.4, 0.5) is 0 Å². The lowest BCUT2D eigenvalue weighted by Crippen LogP contribution is -2.60. The van der Waals surface area contributed by atoms with E-state index in [4.69, 9.17) is 5.73 Å². The van der Waals surface area contributed by atoms with Crippen LogP contribution in [-0.4, -0.2) is 67.4 Å². The Kier molecular flexibility index (Phi) is 7.97. The number of aryl methyl sites for hydroxylation is 2. The van der Waals surface area contributed by atoms with Gasteiger partial charge >= 0.3 is 0 Å². The van der Waals surface area contributed by atoms with Gasteiger partial charge in [-0.2, -0.15) is 0 Å². The fraction of sp³-hybridized carbons (Fsp3) is 0.360. The summed E-state index contributed by atoms with van der Waals surface area (Å²) in [5, 5.41) is 9.56. The van der Waals surface area contributed by atoms with E-state index in [1.165, 1.54) is 4.90 Å². The van der Waals surface area contributed by atoms with E-state index in [9.17, 15) is 19.2 Å². The van der Waals surface area contributed by atoms with Gasteiger partial charge in [0.25, 0.3) is 11.8 Å². The number of piperidine rings is 1. The first-order valence-corrected chi connectivity index (χ1v) is 12.7. The zero-order valence-electron chi connectivity index (χ0n) is 20.6. The molecule has 0 bridgehead atoms. The molecule has 12 heteroatoms. The molecule has 2 aromatic heterocycles. The van der Waals surface area contributed by atoms with E-state index in [0.29, 0.717) is 22.7 Å². The van der Waals surface area contributed by atoms with Crippen molar-refractivity contribution in [2.45, 2.75) is 44.3 Å². The van der Waals surface area contributed by atoms with E-state index in [1.807, 2.05) is 30.3 Å². The van der Waals surface area contributed by atoms with Crippen LogP contribution in [0.2, 0.25) is 0 Å². The third-order valence-electron chi connectivity index (χ3n) is 6.46. The van der Waals surface area contributed by atoms with Gasteiger partial charge in [0.05, 0.1) is 5.69 Å². The van der Waals surface area contributed by atoms with Crippen molar-refractivity contribution in [3.8, 4) is 0 Å². The van der Waals surface area contributed by atoms with Gasteiger partial charge in [-0.25, -0.2) is 0 Å². The van der Waals surface area contributed by atoms with Crippen LogP contribution in [0.3, 0.4) is 0 Å². The summed E-state index contributed by atoms with van der Waals surface area (Å²) >= 11 is 1.00. The lowest BCUT2D eigenvalue weighted by molar-refractivity contribution is -0.131. The summed E-state index contributed by atoms with van der Waals surface area (Å²) < 4.78 is 5.49. The van der Waals surface area contributed by atoms with Gasteiger partial charge < -0.3 is 25.8 Å². The van der Waals surface area contributed by atoms with Gasteiger partial charge in [0.15, 0.2) is 0 Å². The number of primary amides is 1. The van der Waals surface area contributed by atoms with E-state index >= 15 is 0 Å². The average molecular weight is 524 g/mol. The number of nitrogens with two attached hydrogens (primary N) is 1. The van der Waals surface area contributed by atoms with E-state index in [0.717, 1.165) is 17.1 Å². The van der Waals surface area contributed by atoms with Gasteiger partial charge in [0.1, 0.15) is 22.7 Å². The van der Waals surface area contributed by atoms with Crippen molar-refractivity contribution in [1.29, 1.82) is 0 Å². The molecule has 1 aromatic carbocycles. The van der Waals surface area contributed by atoms with Crippen molar-refractivity contribution in [2.75, 3.05) is 6.54 Å². The number of hydrogen-bond donors (Lipinski definition) is 3. The van der Waals surface area contributed by atoms with Crippen LogP contribution >= 0.6 is 11.5 Å². The summed E-state index contributed by atoms with van der Waals surface area (Å²) in [5.74, 6) is -1.81. The predicted octanol–water partition coefficient (Wildman–Crippen LogP) is 0.801. The molecule has 11 nitrogen and oxygen atoms in total. The number of benzene rings is 1. The molecule has 4 amide bonds. The Labute approximate surface area is 218 Å². The standard InChI is InChI=1S/C25H29N7O4S/c1-15-21(37-30-29-15)24(35)27-17-10-12-32(25(36)19-9-6-11-31(19)2)20(14-17)23(34)28-18(22(26)33)13-16-7-4-3-5-8-16/h3-9,11,17-18,20H,10,12-14H2,1-2H3,(H2,26,33)(H,27,35)(H,28,34)/t17-,18-,20+/m1/s1. The molecule has 1 fully saturated rings. The zero-order valence-corrected chi connectivity index (χ0v) is 21.4. The van der Waals surface area contributed by atoms with Gasteiger partial charge in [-0.15, -0.1) is 5.10 Å². The van der Waals surface area contributed by atoms with Crippen LogP contribution in [0.5, 0.6) is 0 Å². The fourth-order valence-corrected chi connectivity index (χ4v) is 5.01. The number of aromatic nitrogens is 3. The van der Waals surface area contributed by atoms with Crippen LogP contribution in [0.1, 0.15) is 44.3 Å². The van der Waals surface area contributed by atoms with E-state index in [-0.39, 0.29) is 37.2 Å². The van der Waals surface area contributed by atoms with Crippen molar-refractivity contribution < 1.29 is 19.2 Å². The Morgan fingerprint density at radius 2 is 1.92 bits per heavy atom. The average Bonchev–Trinajstić information content (AvgIpc) is 3.51. The molecule has 37 heavy (non-hydrogen) atoms. The number of carbonyl (C=O) groups excluding carboxylic acids is 4. The van der Waals surface area contributed by atoms with Crippen LogP contribution in [0.25, 0.3) is 0 Å². The molecule has 0 radical (unpaired) electrons. The van der Waals surface area contributed by atoms with E-state index in [1.54, 1.807) is 36.9 Å². The molecule has 0 saturated carbocycles. The minimum absolute atomic E-state index is 0.176. The molecule has 3 atom stereocenters. The predicted molar refractivity (Wildman–Crippen MR) is 137 cm³/mol. The monoisotopic (exact) mass is 523 g/mol. The van der Waals surface area contributed by atoms with Crippen molar-refractivity contribution in [3.05, 3.63) is 70.5 Å². The third kappa shape index (κ3) is 6.02. The Hall–Kier alpha value is -4.06. The van der Waals surface area contributed by atoms with Crippen LogP contribution < -0.4 is 16.4 Å². The number of nitrogens with zero attached hydrogens (tertiary/aromatic N) is 4. The topological polar surface area (TPSA) is 152 Å². The first-order valence-electron chi connectivity index (χ1n) is 11.9. The minimum Gasteiger partial charge on any atom is -0.368 e. The molecule has 194 valence electrons. The summed E-state index contributed by atoms with van der Waals surface area (Å²) in [7, 11) is 1.75. The molecule has 3 aromatic rings. The highest BCUT2D eigenvalue weighted by Crippen LogP contribution is 2.22. The SMILES string of the molecule is Cc1nnsc1C(=O)N[C@@H]1CCN(C(=O)c2cccn2C)[C@H](C(=O)N[C@H](Cc2ccccc2)C(N)=O)C1. The molecule has 0 aliphatic carbocycles. The van der Waals surface area contributed by atoms with Gasteiger partial charge in [-0.05, 0) is 49.0 Å². The fourth-order valence-electron chi connectivity index (χ4n) is 4.45. The maximum Gasteiger partial charge on any atom is 0.271 e. The molecule has 3 heterocycles. The Morgan fingerprint density at radius 1 is 1.16 bits per heavy atom. The highest BCUT2D eigenvalue weighted by Gasteiger charge is 2.39. The smallest absolute Gasteiger partial charge is 0.271 e. The Balaban J connectivity index is 1.54. The van der Waals surface area contributed by atoms with Crippen LogP contribution in [0, 0.1) is 6.92 Å². The maximum atomic E-state index is 13.5. The molecule has 0 spiro atoms. The van der Waals surface area contributed by atoms with Crippen LogP contribution in [0.15, 0.2) is 48.7 Å². The summed E-state index contributed by atoms with van der Waals surface area (Å²) in [6.07, 6.45) is 2.61. The van der Waals surface area contributed by atoms with Crippen LogP contribution in [-0.2, 0) is 23.1 Å². The summed E-state index contributed by atoms with van der Waals surface area (Å²) in [6.45, 7) is 1.94. The van der Waals surface area contributed by atoms with Crippen molar-refractivity contribution in [1.82, 2.24) is 29.7 Å². The molecular weight excluding hydrogens is 494 g/mol. The quantitative estimate of drug-likeness (QED) is 0.397. The largest absolute Gasteiger partial charge is 0.368 e. The lowest BCUT2D eigenvalue weighted by Gasteiger charge is -2.39. The summed E-state index contributed by atoms with van der Waals surface area (Å²) in [5.41, 5.74) is 7.41. The molecule has 1 aliphatic heterocycles. The van der Waals surface area contributed by atoms with E-state index in [2.05, 4.69) is 20.2 Å². The van der Waals surface area contributed by atoms with Crippen molar-refractivity contribution >= 4 is 35.2 Å². The highest BCUT2D eigenvalue weighted by molar-refractivity contribution is 7.08. The summed E-state index contributed by atoms with van der Waals surface area (Å²) in [4.78, 5) is 53.8. The van der Waals surface area contributed by atoms with Crippen molar-refractivity contribution in [2.24, 2.45) is 12.8 Å². The number of likely N-dealkylation sites (tertiary alicyclic amines) is 1. The van der Waals surface area contributed by atoms with Gasteiger partial charge in [-0.3, -0.25) is 19.2 Å². The number of rotatable bonds is 8. The van der Waals surface area contributed by atoms with Crippen molar-refractivity contribution in [3.63, 3.8) is 0 Å². The Morgan fingerprint density at radius 3 is 2.54 bits per heavy atom. The minimum atomic E-state index is -0.956. The second-order valence-electron chi connectivity index (χ2n) is 9.05. The molecule has 4 N–H and O–H groups in total. The van der Waals surface area contributed by atoms with Gasteiger partial charge in [-0.1, -0.05) is 34.8 Å². The third-order valence-corrected chi connectivity index (χ3v) is 7.29. The number of carbonyl (C=O) groups is 4. The van der Waals surface area contributed by atoms with Gasteiger partial charge in [0, 0.05) is 32.3 Å². The molecule has 1 aliphatic rings. The summed E-state index contributed by atoms with van der Waals surface area (Å²) in [6, 6.07) is 10.4. The number of amides is 4. The number of hydrogen-bond acceptors (Lipinski definition) is 7. The normalized spacial score (nSPS) is 18.2. The van der Waals surface area contributed by atoms with Gasteiger partial charge in [0.2, 0.25) is 11.8 Å². The molecule has 1 saturated heterocycles. The second-order valence-corrected chi connectivity index (χ2v) is 9.81. The Bertz CT molecular complexity index is 1290. The molecular formula is C25H29N7O4S. The number of nitrogens with one attached hydrogen (secondary N) is 2. The first kappa shape index (κ1) is 26.0. The molecule has 0 unspecified atom stereocenters. The maximum absolute atomic E-state index is 13.5. The lowest BCUT2D eigenvalue weighted by atomic mass is 9.95. The van der Waals surface area contributed by atoms with E-state index < -0.39 is 23.9 Å².